The Morgan fingerprint density at radius 3 is 2.50 bits per heavy atom. The van der Waals surface area contributed by atoms with Gasteiger partial charge in [0, 0.05) is 39.8 Å². The van der Waals surface area contributed by atoms with E-state index < -0.39 is 12.1 Å². The van der Waals surface area contributed by atoms with Gasteiger partial charge in [-0.2, -0.15) is 0 Å². The van der Waals surface area contributed by atoms with Gasteiger partial charge in [-0.25, -0.2) is 0 Å². The number of nitrogens with zero attached hydrogens (tertiary/aromatic N) is 1. The fourth-order valence-electron chi connectivity index (χ4n) is 4.20. The van der Waals surface area contributed by atoms with E-state index in [1.165, 1.54) is 0 Å². The summed E-state index contributed by atoms with van der Waals surface area (Å²) >= 11 is 0. The normalized spacial score (nSPS) is 18.1. The second kappa shape index (κ2) is 16.8. The summed E-state index contributed by atoms with van der Waals surface area (Å²) in [6.45, 7) is 2.65. The van der Waals surface area contributed by atoms with Crippen LogP contribution in [0.2, 0.25) is 0 Å². The van der Waals surface area contributed by atoms with E-state index in [2.05, 4.69) is 10.2 Å². The predicted octanol–water partition coefficient (Wildman–Crippen LogP) is 3.39. The Morgan fingerprint density at radius 1 is 1.12 bits per heavy atom. The van der Waals surface area contributed by atoms with E-state index in [1.54, 1.807) is 31.4 Å². The van der Waals surface area contributed by atoms with Crippen molar-refractivity contribution in [3.63, 3.8) is 0 Å². The molecule has 7 nitrogen and oxygen atoms in total. The van der Waals surface area contributed by atoms with Gasteiger partial charge in [0.05, 0.1) is 25.4 Å². The van der Waals surface area contributed by atoms with Crippen molar-refractivity contribution in [2.45, 2.75) is 76.0 Å². The van der Waals surface area contributed by atoms with Gasteiger partial charge in [0.15, 0.2) is 0 Å². The fraction of sp³-hybridized carbons (Fsp3) is 0.731. The molecule has 1 unspecified atom stereocenters. The van der Waals surface area contributed by atoms with Gasteiger partial charge in [-0.15, -0.1) is 0 Å². The molecule has 194 valence electrons. The molecule has 0 aromatic heterocycles. The number of nitrogens with one attached hydrogen (secondary N) is 1. The minimum atomic E-state index is -0.878. The average Bonchev–Trinajstić information content (AvgIpc) is 3.25. The molecule has 0 spiro atoms. The SMILES string of the molecule is COCCCCCCCC(=O)N[C@H](CN1CCC(O)C1)[C@H](O)c1ccc(OCCCCF)cc1. The Balaban J connectivity index is 1.88. The number of likely N-dealkylation sites (tertiary alicyclic amines) is 1. The van der Waals surface area contributed by atoms with Crippen LogP contribution in [0.1, 0.15) is 69.5 Å². The zero-order valence-corrected chi connectivity index (χ0v) is 20.6. The van der Waals surface area contributed by atoms with Gasteiger partial charge in [-0.05, 0) is 49.8 Å². The first-order valence-electron chi connectivity index (χ1n) is 12.7. The van der Waals surface area contributed by atoms with Crippen LogP contribution in [-0.2, 0) is 9.53 Å². The molecule has 1 aliphatic rings. The molecular weight excluding hydrogens is 439 g/mol. The summed E-state index contributed by atoms with van der Waals surface area (Å²) in [7, 11) is 1.71. The van der Waals surface area contributed by atoms with Crippen molar-refractivity contribution in [2.75, 3.05) is 46.6 Å². The molecule has 0 radical (unpaired) electrons. The molecule has 1 aromatic rings. The highest BCUT2D eigenvalue weighted by atomic mass is 19.1. The number of β-amino-alcohol motifs (C(OH)–C–C–N with tert-alkyl or cyclic N) is 1. The van der Waals surface area contributed by atoms with Crippen molar-refractivity contribution in [1.82, 2.24) is 10.2 Å². The summed E-state index contributed by atoms with van der Waals surface area (Å²) in [5.74, 6) is 0.608. The van der Waals surface area contributed by atoms with Crippen molar-refractivity contribution >= 4 is 5.91 Å². The van der Waals surface area contributed by atoms with Crippen molar-refractivity contribution in [2.24, 2.45) is 0 Å². The Bertz CT molecular complexity index is 676. The van der Waals surface area contributed by atoms with Crippen LogP contribution in [0.5, 0.6) is 5.75 Å². The minimum absolute atomic E-state index is 0.0616. The topological polar surface area (TPSA) is 91.3 Å². The van der Waals surface area contributed by atoms with Crippen LogP contribution in [0.15, 0.2) is 24.3 Å². The number of hydrogen-bond acceptors (Lipinski definition) is 6. The van der Waals surface area contributed by atoms with Crippen LogP contribution in [-0.4, -0.2) is 79.8 Å². The zero-order chi connectivity index (χ0) is 24.6. The predicted molar refractivity (Wildman–Crippen MR) is 131 cm³/mol. The van der Waals surface area contributed by atoms with E-state index in [0.717, 1.165) is 45.3 Å². The Morgan fingerprint density at radius 2 is 1.82 bits per heavy atom. The molecule has 0 saturated carbocycles. The van der Waals surface area contributed by atoms with Gasteiger partial charge in [0.25, 0.3) is 0 Å². The van der Waals surface area contributed by atoms with Crippen LogP contribution in [0, 0.1) is 0 Å². The molecule has 34 heavy (non-hydrogen) atoms. The number of aliphatic hydroxyl groups is 2. The number of methoxy groups -OCH3 is 1. The number of aliphatic hydroxyl groups excluding tert-OH is 2. The molecule has 1 saturated heterocycles. The third kappa shape index (κ3) is 11.1. The minimum Gasteiger partial charge on any atom is -0.494 e. The summed E-state index contributed by atoms with van der Waals surface area (Å²) in [6, 6.07) is 6.70. The number of halogens is 1. The van der Waals surface area contributed by atoms with Gasteiger partial charge in [-0.1, -0.05) is 31.4 Å². The summed E-state index contributed by atoms with van der Waals surface area (Å²) < 4.78 is 22.9. The van der Waals surface area contributed by atoms with Gasteiger partial charge in [0.2, 0.25) is 5.91 Å². The lowest BCUT2D eigenvalue weighted by atomic mass is 10.0. The van der Waals surface area contributed by atoms with Crippen molar-refractivity contribution in [3.05, 3.63) is 29.8 Å². The molecule has 2 rings (SSSR count). The lowest BCUT2D eigenvalue weighted by Gasteiger charge is -2.29. The number of carbonyl (C=O) groups excluding carboxylic acids is 1. The maximum Gasteiger partial charge on any atom is 0.220 e. The highest BCUT2D eigenvalue weighted by Crippen LogP contribution is 2.23. The Kier molecular flexibility index (Phi) is 14.1. The van der Waals surface area contributed by atoms with E-state index in [1.807, 2.05) is 0 Å². The Hall–Kier alpha value is -1.74. The summed E-state index contributed by atoms with van der Waals surface area (Å²) in [5.41, 5.74) is 0.694. The van der Waals surface area contributed by atoms with Gasteiger partial charge in [0.1, 0.15) is 11.9 Å². The molecule has 3 atom stereocenters. The lowest BCUT2D eigenvalue weighted by Crippen LogP contribution is -2.47. The summed E-state index contributed by atoms with van der Waals surface area (Å²) in [6.07, 6.45) is 6.07. The van der Waals surface area contributed by atoms with Gasteiger partial charge >= 0.3 is 0 Å². The highest BCUT2D eigenvalue weighted by Gasteiger charge is 2.28. The maximum atomic E-state index is 12.6. The van der Waals surface area contributed by atoms with Crippen LogP contribution in [0.4, 0.5) is 4.39 Å². The molecule has 1 aliphatic heterocycles. The van der Waals surface area contributed by atoms with Crippen molar-refractivity contribution in [3.8, 4) is 5.75 Å². The quantitative estimate of drug-likeness (QED) is 0.278. The molecule has 1 heterocycles. The highest BCUT2D eigenvalue weighted by molar-refractivity contribution is 5.76. The number of benzene rings is 1. The first-order valence-corrected chi connectivity index (χ1v) is 12.7. The number of hydrogen-bond donors (Lipinski definition) is 3. The van der Waals surface area contributed by atoms with E-state index >= 15 is 0 Å². The second-order valence-corrected chi connectivity index (χ2v) is 9.15. The standard InChI is InChI=1S/C26H43FN2O5/c1-33-17-7-4-2-3-5-9-25(31)28-24(20-29-16-14-22(30)19-29)26(32)21-10-12-23(13-11-21)34-18-8-6-15-27/h10-13,22,24,26,30,32H,2-9,14-20H2,1H3,(H,28,31)/t22?,24-,26-/m1/s1. The van der Waals surface area contributed by atoms with Crippen LogP contribution < -0.4 is 10.1 Å². The van der Waals surface area contributed by atoms with Gasteiger partial charge in [-0.3, -0.25) is 14.1 Å². The number of rotatable bonds is 18. The first kappa shape index (κ1) is 28.5. The van der Waals surface area contributed by atoms with Crippen molar-refractivity contribution < 1.29 is 28.9 Å². The van der Waals surface area contributed by atoms with Crippen LogP contribution in [0.3, 0.4) is 0 Å². The molecule has 8 heteroatoms. The van der Waals surface area contributed by atoms with Crippen molar-refractivity contribution in [1.29, 1.82) is 0 Å². The molecule has 0 aliphatic carbocycles. The average molecular weight is 483 g/mol. The largest absolute Gasteiger partial charge is 0.494 e. The molecule has 3 N–H and O–H groups in total. The van der Waals surface area contributed by atoms with E-state index in [9.17, 15) is 19.4 Å². The third-order valence-electron chi connectivity index (χ3n) is 6.20. The smallest absolute Gasteiger partial charge is 0.220 e. The molecule has 1 aromatic carbocycles. The monoisotopic (exact) mass is 482 g/mol. The molecule has 1 fully saturated rings. The summed E-state index contributed by atoms with van der Waals surface area (Å²) in [4.78, 5) is 14.7. The van der Waals surface area contributed by atoms with Crippen LogP contribution >= 0.6 is 0 Å². The third-order valence-corrected chi connectivity index (χ3v) is 6.20. The molecule has 1 amide bonds. The van der Waals surface area contributed by atoms with E-state index in [-0.39, 0.29) is 18.7 Å². The summed E-state index contributed by atoms with van der Waals surface area (Å²) in [5, 5.41) is 24.0. The number of ether oxygens (including phenoxy) is 2. The van der Waals surface area contributed by atoms with Gasteiger partial charge < -0.3 is 25.0 Å². The molecule has 0 bridgehead atoms. The maximum absolute atomic E-state index is 12.6. The second-order valence-electron chi connectivity index (χ2n) is 9.15. The van der Waals surface area contributed by atoms with E-state index in [0.29, 0.717) is 56.7 Å². The Labute approximate surface area is 203 Å². The number of carbonyl (C=O) groups is 1. The number of unbranched alkanes of at least 4 members (excludes halogenated alkanes) is 5. The fourth-order valence-corrected chi connectivity index (χ4v) is 4.20. The van der Waals surface area contributed by atoms with E-state index in [4.69, 9.17) is 9.47 Å². The molecular formula is C26H43FN2O5. The first-order chi connectivity index (χ1) is 16.5. The zero-order valence-electron chi connectivity index (χ0n) is 20.6. The lowest BCUT2D eigenvalue weighted by molar-refractivity contribution is -0.123. The van der Waals surface area contributed by atoms with Crippen LogP contribution in [0.25, 0.3) is 0 Å². The number of amides is 1. The number of alkyl halides is 1.